The molecule has 114 valence electrons. The van der Waals surface area contributed by atoms with Gasteiger partial charge in [-0.25, -0.2) is 4.79 Å². The molecule has 21 heavy (non-hydrogen) atoms. The van der Waals surface area contributed by atoms with E-state index in [9.17, 15) is 18.0 Å². The lowest BCUT2D eigenvalue weighted by Crippen LogP contribution is -2.41. The summed E-state index contributed by atoms with van der Waals surface area (Å²) < 4.78 is 49.1. The first-order valence-electron chi connectivity index (χ1n) is 6.03. The van der Waals surface area contributed by atoms with Crippen molar-refractivity contribution < 1.29 is 27.4 Å². The average Bonchev–Trinajstić information content (AvgIpc) is 2.36. The second-order valence-electron chi connectivity index (χ2n) is 4.68. The predicted molar refractivity (Wildman–Crippen MR) is 79.3 cm³/mol. The molecular weight excluding hydrogens is 400 g/mol. The Balaban J connectivity index is 2.55. The maximum atomic E-state index is 13.1. The van der Waals surface area contributed by atoms with Gasteiger partial charge >= 0.3 is 12.1 Å². The average molecular weight is 412 g/mol. The highest BCUT2D eigenvalue weighted by Gasteiger charge is 2.49. The molecule has 0 saturated heterocycles. The number of carbonyl (C=O) groups excluding carboxylic acids is 1. The molecule has 0 radical (unpaired) electrons. The van der Waals surface area contributed by atoms with Crippen molar-refractivity contribution in [2.45, 2.75) is 26.1 Å². The molecule has 3 nitrogen and oxygen atoms in total. The fourth-order valence-electron chi connectivity index (χ4n) is 2.22. The van der Waals surface area contributed by atoms with Crippen LogP contribution in [0.5, 0.6) is 5.75 Å². The normalized spacial score (nSPS) is 17.6. The van der Waals surface area contributed by atoms with E-state index in [2.05, 4.69) is 4.74 Å². The molecule has 0 N–H and O–H groups in total. The van der Waals surface area contributed by atoms with Crippen LogP contribution in [0.15, 0.2) is 17.7 Å². The lowest BCUT2D eigenvalue weighted by atomic mass is 9.97. The molecular formula is C14H12F3IO3. The summed E-state index contributed by atoms with van der Waals surface area (Å²) in [4.78, 5) is 11.8. The largest absolute Gasteiger partial charge is 0.475 e. The maximum Gasteiger partial charge on any atom is 0.430 e. The number of carbonyl (C=O) groups is 1. The van der Waals surface area contributed by atoms with Crippen LogP contribution in [-0.2, 0) is 9.53 Å². The van der Waals surface area contributed by atoms with Gasteiger partial charge in [0.25, 0.3) is 0 Å². The highest BCUT2D eigenvalue weighted by atomic mass is 127. The highest BCUT2D eigenvalue weighted by Crippen LogP contribution is 2.39. The van der Waals surface area contributed by atoms with E-state index in [1.165, 1.54) is 6.08 Å². The fourth-order valence-corrected chi connectivity index (χ4v) is 2.50. The van der Waals surface area contributed by atoms with E-state index in [-0.39, 0.29) is 10.4 Å². The highest BCUT2D eigenvalue weighted by molar-refractivity contribution is 14.1. The van der Waals surface area contributed by atoms with Crippen LogP contribution in [0.3, 0.4) is 0 Å². The van der Waals surface area contributed by atoms with Crippen LogP contribution in [-0.4, -0.2) is 22.9 Å². The van der Waals surface area contributed by atoms with E-state index in [1.54, 1.807) is 41.6 Å². The Morgan fingerprint density at radius 3 is 2.62 bits per heavy atom. The Morgan fingerprint density at radius 2 is 2.05 bits per heavy atom. The second-order valence-corrected chi connectivity index (χ2v) is 5.30. The SMILES string of the molecule is Cc1cc(C)c2c(c1)C=C(C(=O)OCI)C(C(F)(F)F)O2. The van der Waals surface area contributed by atoms with E-state index in [0.717, 1.165) is 5.56 Å². The van der Waals surface area contributed by atoms with Crippen LogP contribution in [0.1, 0.15) is 16.7 Å². The smallest absolute Gasteiger partial charge is 0.430 e. The molecule has 1 heterocycles. The van der Waals surface area contributed by atoms with E-state index < -0.39 is 23.8 Å². The quantitative estimate of drug-likeness (QED) is 0.420. The second kappa shape index (κ2) is 5.86. The van der Waals surface area contributed by atoms with Gasteiger partial charge in [-0.3, -0.25) is 0 Å². The molecule has 0 spiro atoms. The monoisotopic (exact) mass is 412 g/mol. The summed E-state index contributed by atoms with van der Waals surface area (Å²) in [6.07, 6.45) is -5.79. The van der Waals surface area contributed by atoms with Gasteiger partial charge in [-0.1, -0.05) is 11.6 Å². The number of aryl methyl sites for hydroxylation is 2. The topological polar surface area (TPSA) is 35.5 Å². The molecule has 1 aliphatic heterocycles. The molecule has 0 bridgehead atoms. The zero-order chi connectivity index (χ0) is 15.8. The Morgan fingerprint density at radius 1 is 1.38 bits per heavy atom. The summed E-state index contributed by atoms with van der Waals surface area (Å²) in [5, 5.41) is 0. The van der Waals surface area contributed by atoms with Gasteiger partial charge in [0, 0.05) is 5.56 Å². The molecule has 0 fully saturated rings. The summed E-state index contributed by atoms with van der Waals surface area (Å²) in [5.74, 6) is -0.870. The standard InChI is InChI=1S/C14H12F3IO3/c1-7-3-8(2)11-9(4-7)5-10(13(19)20-6-18)12(21-11)14(15,16)17/h3-5,12H,6H2,1-2H3. The van der Waals surface area contributed by atoms with E-state index >= 15 is 0 Å². The minimum atomic E-state index is -4.69. The first-order chi connectivity index (χ1) is 9.74. The van der Waals surface area contributed by atoms with Crippen LogP contribution in [0.2, 0.25) is 0 Å². The minimum Gasteiger partial charge on any atom is -0.475 e. The minimum absolute atomic E-state index is 0.0296. The molecule has 1 unspecified atom stereocenters. The van der Waals surface area contributed by atoms with Crippen LogP contribution in [0, 0.1) is 13.8 Å². The summed E-state index contributed by atoms with van der Waals surface area (Å²) >= 11 is 1.75. The van der Waals surface area contributed by atoms with E-state index in [1.807, 2.05) is 6.92 Å². The number of rotatable bonds is 2. The Kier molecular flexibility index (Phi) is 4.50. The number of benzene rings is 1. The van der Waals surface area contributed by atoms with Crippen LogP contribution in [0.25, 0.3) is 6.08 Å². The van der Waals surface area contributed by atoms with Crippen LogP contribution < -0.4 is 4.74 Å². The van der Waals surface area contributed by atoms with Crippen molar-refractivity contribution in [2.75, 3.05) is 4.61 Å². The van der Waals surface area contributed by atoms with Gasteiger partial charge in [-0.05, 0) is 54.1 Å². The third kappa shape index (κ3) is 3.33. The van der Waals surface area contributed by atoms with Crippen LogP contribution in [0.4, 0.5) is 13.2 Å². The predicted octanol–water partition coefficient (Wildman–Crippen LogP) is 3.95. The molecule has 0 aliphatic carbocycles. The van der Waals surface area contributed by atoms with Gasteiger partial charge in [0.05, 0.1) is 5.57 Å². The van der Waals surface area contributed by atoms with Crippen molar-refractivity contribution in [3.05, 3.63) is 34.4 Å². The number of esters is 1. The Hall–Kier alpha value is -1.25. The number of fused-ring (bicyclic) bond motifs is 1. The number of ether oxygens (including phenoxy) is 2. The summed E-state index contributed by atoms with van der Waals surface area (Å²) in [6.45, 7) is 3.49. The zero-order valence-corrected chi connectivity index (χ0v) is 13.4. The molecule has 2 rings (SSSR count). The molecule has 1 aliphatic rings. The van der Waals surface area contributed by atoms with Gasteiger partial charge < -0.3 is 9.47 Å². The van der Waals surface area contributed by atoms with Crippen molar-refractivity contribution in [2.24, 2.45) is 0 Å². The molecule has 1 aromatic rings. The molecule has 0 saturated carbocycles. The van der Waals surface area contributed by atoms with Crippen LogP contribution >= 0.6 is 22.6 Å². The van der Waals surface area contributed by atoms with Gasteiger partial charge in [-0.2, -0.15) is 13.2 Å². The lowest BCUT2D eigenvalue weighted by molar-refractivity contribution is -0.187. The number of hydrogen-bond donors (Lipinski definition) is 0. The fraction of sp³-hybridized carbons (Fsp3) is 0.357. The molecule has 0 amide bonds. The van der Waals surface area contributed by atoms with E-state index in [4.69, 9.17) is 4.74 Å². The van der Waals surface area contributed by atoms with Gasteiger partial charge in [-0.15, -0.1) is 0 Å². The van der Waals surface area contributed by atoms with Gasteiger partial charge in [0.1, 0.15) is 10.4 Å². The Bertz CT molecular complexity index is 608. The lowest BCUT2D eigenvalue weighted by Gasteiger charge is -2.29. The molecule has 1 atom stereocenters. The van der Waals surface area contributed by atoms with Gasteiger partial charge in [0.2, 0.25) is 6.10 Å². The van der Waals surface area contributed by atoms with Crippen molar-refractivity contribution in [3.8, 4) is 5.75 Å². The van der Waals surface area contributed by atoms with E-state index in [0.29, 0.717) is 11.1 Å². The summed E-state index contributed by atoms with van der Waals surface area (Å²) in [6, 6.07) is 3.40. The third-order valence-corrected chi connectivity index (χ3v) is 3.31. The number of hydrogen-bond acceptors (Lipinski definition) is 3. The summed E-state index contributed by atoms with van der Waals surface area (Å²) in [5.41, 5.74) is 1.39. The van der Waals surface area contributed by atoms with Crippen molar-refractivity contribution in [1.29, 1.82) is 0 Å². The number of alkyl halides is 4. The van der Waals surface area contributed by atoms with Gasteiger partial charge in [0.15, 0.2) is 0 Å². The Labute approximate surface area is 133 Å². The number of halogens is 4. The maximum absolute atomic E-state index is 13.1. The first kappa shape index (κ1) is 16.1. The molecule has 0 aromatic heterocycles. The van der Waals surface area contributed by atoms with Crippen molar-refractivity contribution in [3.63, 3.8) is 0 Å². The third-order valence-electron chi connectivity index (χ3n) is 3.00. The van der Waals surface area contributed by atoms with Crippen molar-refractivity contribution >= 4 is 34.6 Å². The summed E-state index contributed by atoms with van der Waals surface area (Å²) in [7, 11) is 0. The first-order valence-corrected chi connectivity index (χ1v) is 7.56. The molecule has 1 aromatic carbocycles. The molecule has 7 heteroatoms. The zero-order valence-electron chi connectivity index (χ0n) is 11.3. The van der Waals surface area contributed by atoms with Crippen molar-refractivity contribution in [1.82, 2.24) is 0 Å².